The number of carbonyl (C=O) groups is 1. The normalized spacial score (nSPS) is 17.1. The van der Waals surface area contributed by atoms with E-state index in [1.54, 1.807) is 0 Å². The van der Waals surface area contributed by atoms with E-state index in [-0.39, 0.29) is 79.5 Å². The number of anilines is 1. The summed E-state index contributed by atoms with van der Waals surface area (Å²) in [6.45, 7) is -1.05. The number of rotatable bonds is 12. The molecule has 0 spiro atoms. The highest BCUT2D eigenvalue weighted by Gasteiger charge is 2.62. The van der Waals surface area contributed by atoms with E-state index in [0.29, 0.717) is 10.7 Å². The molecule has 0 unspecified atom stereocenters. The average molecular weight is 947 g/mol. The first-order valence-corrected chi connectivity index (χ1v) is 21.8. The minimum absolute atomic E-state index is 0.00602. The lowest BCUT2D eigenvalue weighted by atomic mass is 9.73. The van der Waals surface area contributed by atoms with Crippen LogP contribution >= 0.6 is 11.6 Å². The number of halogens is 9. The van der Waals surface area contributed by atoms with Gasteiger partial charge in [0.1, 0.15) is 41.1 Å². The molecule has 2 aliphatic carbocycles. The van der Waals surface area contributed by atoms with Gasteiger partial charge in [0.2, 0.25) is 15.9 Å². The lowest BCUT2D eigenvalue weighted by molar-refractivity contribution is -0.123. The number of sulfonamides is 1. The predicted molar refractivity (Wildman–Crippen MR) is 219 cm³/mol. The number of aryl methyl sites for hydroxylation is 1. The summed E-state index contributed by atoms with van der Waals surface area (Å²) in [4.78, 5) is 42.0. The second-order valence-corrected chi connectivity index (χ2v) is 17.9. The summed E-state index contributed by atoms with van der Waals surface area (Å²) in [6.07, 6.45) is -4.53. The van der Waals surface area contributed by atoms with Crippen LogP contribution in [0.5, 0.6) is 0 Å². The van der Waals surface area contributed by atoms with Crippen LogP contribution in [0.2, 0.25) is 5.02 Å². The van der Waals surface area contributed by atoms with Crippen LogP contribution in [0.15, 0.2) is 65.6 Å². The van der Waals surface area contributed by atoms with Crippen molar-refractivity contribution in [2.45, 2.75) is 56.5 Å². The number of carbonyl (C=O) groups excluding carboxylic acids is 1. The van der Waals surface area contributed by atoms with Crippen LogP contribution < -0.4 is 15.6 Å². The molecule has 1 fully saturated rings. The molecular weight excluding hydrogens is 916 g/mol. The Labute approximate surface area is 366 Å². The van der Waals surface area contributed by atoms with Gasteiger partial charge in [-0.25, -0.2) is 49.7 Å². The first kappa shape index (κ1) is 43.7. The number of hydrogen-bond donors (Lipinski definition) is 2. The van der Waals surface area contributed by atoms with Crippen LogP contribution in [0.1, 0.15) is 71.7 Å². The summed E-state index contributed by atoms with van der Waals surface area (Å²) < 4.78 is 147. The van der Waals surface area contributed by atoms with Crippen LogP contribution in [0.25, 0.3) is 38.9 Å². The minimum atomic E-state index is -3.96. The number of fused-ring (bicyclic) bond motifs is 5. The smallest absolute Gasteiger partial charge is 0.293 e. The van der Waals surface area contributed by atoms with Crippen LogP contribution in [-0.2, 0) is 40.8 Å². The number of nitrogens with zero attached hydrogens (tertiary/aromatic N) is 8. The fourth-order valence-electron chi connectivity index (χ4n) is 8.72. The first-order chi connectivity index (χ1) is 30.7. The zero-order chi connectivity index (χ0) is 46.4. The topological polar surface area (TPSA) is 172 Å². The van der Waals surface area contributed by atoms with Crippen LogP contribution in [0.4, 0.5) is 40.9 Å². The molecular formula is C41H31ClF8N10O4S. The van der Waals surface area contributed by atoms with Crippen molar-refractivity contribution in [3.05, 3.63) is 122 Å². The summed E-state index contributed by atoms with van der Waals surface area (Å²) >= 11 is 6.61. The maximum absolute atomic E-state index is 15.8. The summed E-state index contributed by atoms with van der Waals surface area (Å²) in [5.74, 6) is -9.76. The third-order valence-corrected chi connectivity index (χ3v) is 12.3. The molecule has 0 radical (unpaired) electrons. The highest BCUT2D eigenvalue weighted by molar-refractivity contribution is 7.92. The SMILES string of the molecule is Cn1nc(NS(C)(=O)=O)c2c(Cl)ccc(-n3c([C@H](Cc4cc(F)cc(F)c4)NC(=O)Cn4nc(C(F)F)c5c4C(F)(F)[C@@H]4CC[C@H]54)nc4cc(-c5nccc(C(F)F)n5)ccc4c3=O)c21. The highest BCUT2D eigenvalue weighted by atomic mass is 35.5. The average Bonchev–Trinajstić information content (AvgIpc) is 3.78. The number of nitrogens with one attached hydrogen (secondary N) is 2. The Morgan fingerprint density at radius 3 is 2.37 bits per heavy atom. The van der Waals surface area contributed by atoms with Crippen LogP contribution in [0.3, 0.4) is 0 Å². The standard InChI is InChI=1S/C41H31ClF8N10O4S/c1-58-33-28(8-7-24(42)31(33)38(56-58)57-65(2,63)64)60-39(54-26-14-18(3-4-22(26)40(60)62)37-51-10-9-25(53-37)35(45)46)27(13-17-11-19(43)15-20(44)12-17)52-29(61)16-59-34-30(32(55-59)36(47)48)21-5-6-23(21)41(34,49)50/h3-4,7-12,14-15,21,23,27,35-36H,5-6,13,16H2,1-2H3,(H,52,61)(H,56,57)/t21-,23+,27-/m0/s1. The van der Waals surface area contributed by atoms with Gasteiger partial charge >= 0.3 is 0 Å². The molecule has 0 bridgehead atoms. The van der Waals surface area contributed by atoms with E-state index >= 15 is 13.6 Å². The molecule has 4 heterocycles. The maximum Gasteiger partial charge on any atom is 0.293 e. The summed E-state index contributed by atoms with van der Waals surface area (Å²) in [6, 6.07) is 8.42. The van der Waals surface area contributed by atoms with E-state index in [2.05, 4.69) is 30.2 Å². The molecule has 24 heteroatoms. The first-order valence-electron chi connectivity index (χ1n) is 19.5. The molecule has 3 aromatic carbocycles. The van der Waals surface area contributed by atoms with Gasteiger partial charge in [0, 0.05) is 42.8 Å². The van der Waals surface area contributed by atoms with Gasteiger partial charge in [0.25, 0.3) is 24.3 Å². The Morgan fingerprint density at radius 2 is 1.71 bits per heavy atom. The minimum Gasteiger partial charge on any atom is -0.344 e. The molecule has 65 heavy (non-hydrogen) atoms. The number of aromatic nitrogens is 8. The zero-order valence-electron chi connectivity index (χ0n) is 33.5. The Bertz CT molecular complexity index is 3270. The number of amides is 1. The molecule has 0 saturated heterocycles. The van der Waals surface area contributed by atoms with Crippen molar-refractivity contribution in [2.75, 3.05) is 11.0 Å². The maximum atomic E-state index is 15.8. The lowest BCUT2D eigenvalue weighted by Gasteiger charge is -2.34. The van der Waals surface area contributed by atoms with Gasteiger partial charge in [-0.3, -0.25) is 28.2 Å². The second-order valence-electron chi connectivity index (χ2n) is 15.7. The highest BCUT2D eigenvalue weighted by Crippen LogP contribution is 2.63. The molecule has 1 saturated carbocycles. The van der Waals surface area contributed by atoms with E-state index in [1.165, 1.54) is 42.1 Å². The van der Waals surface area contributed by atoms with Gasteiger partial charge < -0.3 is 5.32 Å². The van der Waals surface area contributed by atoms with Gasteiger partial charge in [0.05, 0.1) is 44.8 Å². The summed E-state index contributed by atoms with van der Waals surface area (Å²) in [5.41, 5.74) is -3.68. The Hall–Kier alpha value is -6.49. The molecule has 1 amide bonds. The van der Waals surface area contributed by atoms with E-state index in [9.17, 15) is 39.6 Å². The molecule has 338 valence electrons. The van der Waals surface area contributed by atoms with Crippen molar-refractivity contribution in [2.24, 2.45) is 13.0 Å². The fraction of sp³-hybridized carbons (Fsp3) is 0.293. The van der Waals surface area contributed by atoms with Crippen molar-refractivity contribution in [1.82, 2.24) is 44.4 Å². The molecule has 7 aromatic rings. The second kappa shape index (κ2) is 15.9. The zero-order valence-corrected chi connectivity index (χ0v) is 35.1. The van der Waals surface area contributed by atoms with Crippen molar-refractivity contribution in [3.8, 4) is 17.1 Å². The lowest BCUT2D eigenvalue weighted by Crippen LogP contribution is -2.38. The summed E-state index contributed by atoms with van der Waals surface area (Å²) in [5, 5.41) is 10.5. The molecule has 2 N–H and O–H groups in total. The van der Waals surface area contributed by atoms with Gasteiger partial charge in [-0.1, -0.05) is 17.7 Å². The Morgan fingerprint density at radius 1 is 0.969 bits per heavy atom. The Balaban J connectivity index is 1.26. The van der Waals surface area contributed by atoms with Crippen LogP contribution in [0, 0.1) is 17.6 Å². The van der Waals surface area contributed by atoms with Crippen molar-refractivity contribution < 1.29 is 48.3 Å². The van der Waals surface area contributed by atoms with E-state index in [0.717, 1.165) is 35.2 Å². The van der Waals surface area contributed by atoms with Gasteiger partial charge in [-0.2, -0.15) is 19.0 Å². The van der Waals surface area contributed by atoms with Gasteiger partial charge in [0.15, 0.2) is 11.6 Å². The molecule has 9 rings (SSSR count). The predicted octanol–water partition coefficient (Wildman–Crippen LogP) is 7.80. The van der Waals surface area contributed by atoms with E-state index < -0.39 is 99.8 Å². The summed E-state index contributed by atoms with van der Waals surface area (Å²) in [7, 11) is -2.56. The fourth-order valence-corrected chi connectivity index (χ4v) is 9.45. The van der Waals surface area contributed by atoms with Crippen LogP contribution in [-0.4, -0.2) is 59.7 Å². The molecule has 4 aromatic heterocycles. The number of hydrogen-bond acceptors (Lipinski definition) is 9. The number of alkyl halides is 6. The van der Waals surface area contributed by atoms with E-state index in [4.69, 9.17) is 16.6 Å². The van der Waals surface area contributed by atoms with E-state index in [1.807, 2.05) is 0 Å². The van der Waals surface area contributed by atoms with Gasteiger partial charge in [-0.15, -0.1) is 0 Å². The molecule has 2 aliphatic rings. The van der Waals surface area contributed by atoms with Crippen molar-refractivity contribution >= 4 is 55.2 Å². The van der Waals surface area contributed by atoms with Gasteiger partial charge in [-0.05, 0) is 66.8 Å². The number of benzene rings is 3. The quantitative estimate of drug-likeness (QED) is 0.116. The monoisotopic (exact) mass is 946 g/mol. The molecule has 0 aliphatic heterocycles. The third-order valence-electron chi connectivity index (χ3n) is 11.4. The molecule has 3 atom stereocenters. The molecule has 14 nitrogen and oxygen atoms in total. The van der Waals surface area contributed by atoms with Crippen molar-refractivity contribution in [1.29, 1.82) is 0 Å². The largest absolute Gasteiger partial charge is 0.344 e. The van der Waals surface area contributed by atoms with Crippen molar-refractivity contribution in [3.63, 3.8) is 0 Å². The Kier molecular flexibility index (Phi) is 10.7. The third kappa shape index (κ3) is 7.72.